The highest BCUT2D eigenvalue weighted by Gasteiger charge is 2.30. The van der Waals surface area contributed by atoms with Crippen molar-refractivity contribution in [2.45, 2.75) is 45.3 Å². The molecular weight excluding hydrogens is 192 g/mol. The number of hydrogen-bond acceptors (Lipinski definition) is 2. The van der Waals surface area contributed by atoms with E-state index in [1.165, 1.54) is 0 Å². The van der Waals surface area contributed by atoms with Gasteiger partial charge in [-0.15, -0.1) is 0 Å². The van der Waals surface area contributed by atoms with E-state index in [2.05, 4.69) is 24.6 Å². The fourth-order valence-electron chi connectivity index (χ4n) is 1.08. The number of aliphatic hydroxyl groups excluding tert-OH is 1. The Hall–Kier alpha value is -0.353. The third kappa shape index (κ3) is 4.24. The molecule has 0 aromatic carbocycles. The van der Waals surface area contributed by atoms with Crippen LogP contribution in [0.1, 0.15) is 13.8 Å². The molecule has 0 rings (SSSR count). The topological polar surface area (TPSA) is 35.8 Å². The van der Waals surface area contributed by atoms with Gasteiger partial charge >= 0.3 is 0 Å². The molecule has 0 fully saturated rings. The van der Waals surface area contributed by atoms with Gasteiger partial charge in [0.2, 0.25) is 0 Å². The second-order valence-corrected chi connectivity index (χ2v) is 10.5. The van der Waals surface area contributed by atoms with Crippen molar-refractivity contribution in [2.24, 2.45) is 4.99 Å². The zero-order chi connectivity index (χ0) is 11.5. The molecule has 0 aliphatic carbocycles. The Bertz CT molecular complexity index is 207. The fraction of sp³-hybridized carbons (Fsp3) is 0.900. The predicted octanol–water partition coefficient (Wildman–Crippen LogP) is 1.59. The minimum atomic E-state index is -1.57. The van der Waals surface area contributed by atoms with Crippen molar-refractivity contribution in [3.63, 3.8) is 0 Å². The van der Waals surface area contributed by atoms with Crippen molar-refractivity contribution in [2.75, 3.05) is 14.1 Å². The van der Waals surface area contributed by atoms with E-state index in [1.54, 1.807) is 0 Å². The third-order valence-corrected chi connectivity index (χ3v) is 3.81. The van der Waals surface area contributed by atoms with Crippen LogP contribution < -0.4 is 0 Å². The van der Waals surface area contributed by atoms with Gasteiger partial charge in [0.15, 0.2) is 0 Å². The molecule has 1 N–H and O–H groups in total. The predicted molar refractivity (Wildman–Crippen MR) is 65.6 cm³/mol. The summed E-state index contributed by atoms with van der Waals surface area (Å²) in [5.74, 6) is 0.819. The maximum absolute atomic E-state index is 10.2. The number of aliphatic imine (C=N–C) groups is 1. The van der Waals surface area contributed by atoms with E-state index in [0.29, 0.717) is 0 Å². The lowest BCUT2D eigenvalue weighted by molar-refractivity contribution is 0.290. The summed E-state index contributed by atoms with van der Waals surface area (Å²) in [7, 11) is 2.30. The lowest BCUT2D eigenvalue weighted by Crippen LogP contribution is -2.49. The number of likely N-dealkylation sites (N-methyl/N-ethyl adjacent to an activating group) is 1. The van der Waals surface area contributed by atoms with Crippen molar-refractivity contribution < 1.29 is 5.11 Å². The molecule has 0 aliphatic rings. The van der Waals surface area contributed by atoms with Crippen LogP contribution >= 0.6 is 0 Å². The highest BCUT2D eigenvalue weighted by atomic mass is 28.3. The molecule has 84 valence electrons. The minimum absolute atomic E-state index is 0.235. The van der Waals surface area contributed by atoms with Crippen LogP contribution in [0, 0.1) is 0 Å². The van der Waals surface area contributed by atoms with E-state index in [0.717, 1.165) is 5.84 Å². The van der Waals surface area contributed by atoms with Crippen LogP contribution in [0.5, 0.6) is 0 Å². The van der Waals surface area contributed by atoms with Crippen LogP contribution in [0.2, 0.25) is 19.6 Å². The van der Waals surface area contributed by atoms with Gasteiger partial charge in [-0.25, -0.2) is 0 Å². The summed E-state index contributed by atoms with van der Waals surface area (Å²) < 4.78 is 0. The summed E-state index contributed by atoms with van der Waals surface area (Å²) in [5, 5.41) is 10.2. The first-order valence-electron chi connectivity index (χ1n) is 5.09. The second-order valence-electron chi connectivity index (χ2n) is 5.24. The number of nitrogens with zero attached hydrogens (tertiary/aromatic N) is 2. The Morgan fingerprint density at radius 1 is 1.21 bits per heavy atom. The van der Waals surface area contributed by atoms with Crippen molar-refractivity contribution >= 4 is 13.9 Å². The van der Waals surface area contributed by atoms with E-state index in [4.69, 9.17) is 0 Å². The van der Waals surface area contributed by atoms with Gasteiger partial charge in [0.05, 0.1) is 13.8 Å². The Balaban J connectivity index is 4.85. The number of hydrogen-bond donors (Lipinski definition) is 1. The minimum Gasteiger partial charge on any atom is -0.389 e. The summed E-state index contributed by atoms with van der Waals surface area (Å²) in [6.07, 6.45) is 0. The van der Waals surface area contributed by atoms with Gasteiger partial charge in [-0.3, -0.25) is 4.99 Å². The monoisotopic (exact) mass is 216 g/mol. The number of rotatable bonds is 3. The van der Waals surface area contributed by atoms with E-state index in [9.17, 15) is 5.11 Å². The molecule has 0 saturated heterocycles. The SMILES string of the molecule is CC(C)N=C(C(O)[Si](C)(C)C)N(C)C. The van der Waals surface area contributed by atoms with Crippen molar-refractivity contribution in [3.8, 4) is 0 Å². The van der Waals surface area contributed by atoms with Gasteiger partial charge < -0.3 is 10.0 Å². The second kappa shape index (κ2) is 4.93. The molecule has 14 heavy (non-hydrogen) atoms. The van der Waals surface area contributed by atoms with Crippen LogP contribution in [0.25, 0.3) is 0 Å². The average molecular weight is 216 g/mol. The maximum atomic E-state index is 10.2. The number of aliphatic hydroxyl groups is 1. The molecule has 0 bridgehead atoms. The molecular formula is C10H24N2OSi. The summed E-state index contributed by atoms with van der Waals surface area (Å²) in [6, 6.07) is 0.235. The molecule has 0 aliphatic heterocycles. The van der Waals surface area contributed by atoms with Crippen LogP contribution in [-0.4, -0.2) is 49.8 Å². The van der Waals surface area contributed by atoms with E-state index in [-0.39, 0.29) is 11.8 Å². The highest BCUT2D eigenvalue weighted by molar-refractivity contribution is 6.80. The first kappa shape index (κ1) is 13.6. The van der Waals surface area contributed by atoms with Gasteiger partial charge in [-0.1, -0.05) is 19.6 Å². The molecule has 4 heteroatoms. The molecule has 0 aromatic rings. The Labute approximate surface area is 88.9 Å². The Morgan fingerprint density at radius 2 is 1.64 bits per heavy atom. The third-order valence-electron chi connectivity index (χ3n) is 1.91. The number of amidine groups is 1. The summed E-state index contributed by atoms with van der Waals surface area (Å²) in [6.45, 7) is 10.5. The Morgan fingerprint density at radius 3 is 1.86 bits per heavy atom. The summed E-state index contributed by atoms with van der Waals surface area (Å²) in [4.78, 5) is 6.39. The first-order valence-corrected chi connectivity index (χ1v) is 8.67. The van der Waals surface area contributed by atoms with Crippen LogP contribution in [-0.2, 0) is 0 Å². The van der Waals surface area contributed by atoms with Crippen molar-refractivity contribution in [3.05, 3.63) is 0 Å². The van der Waals surface area contributed by atoms with E-state index >= 15 is 0 Å². The maximum Gasteiger partial charge on any atom is 0.124 e. The smallest absolute Gasteiger partial charge is 0.124 e. The van der Waals surface area contributed by atoms with Crippen LogP contribution in [0.3, 0.4) is 0 Å². The molecule has 0 heterocycles. The highest BCUT2D eigenvalue weighted by Crippen LogP contribution is 2.11. The Kier molecular flexibility index (Phi) is 4.81. The molecule has 0 saturated carbocycles. The lowest BCUT2D eigenvalue weighted by atomic mass is 10.4. The summed E-state index contributed by atoms with van der Waals surface area (Å²) in [5.41, 5.74) is -0.375. The van der Waals surface area contributed by atoms with Gasteiger partial charge in [-0.05, 0) is 13.8 Å². The molecule has 1 unspecified atom stereocenters. The van der Waals surface area contributed by atoms with Gasteiger partial charge in [-0.2, -0.15) is 0 Å². The quantitative estimate of drug-likeness (QED) is 0.442. The molecule has 0 amide bonds. The largest absolute Gasteiger partial charge is 0.389 e. The van der Waals surface area contributed by atoms with Crippen LogP contribution in [0.15, 0.2) is 4.99 Å². The van der Waals surface area contributed by atoms with E-state index in [1.807, 2.05) is 32.8 Å². The molecule has 3 nitrogen and oxygen atoms in total. The van der Waals surface area contributed by atoms with Crippen molar-refractivity contribution in [1.82, 2.24) is 4.90 Å². The standard InChI is InChI=1S/C10H24N2OSi/c1-8(2)11-9(12(3)4)10(13)14(5,6)7/h8,10,13H,1-7H3. The zero-order valence-electron chi connectivity index (χ0n) is 10.5. The molecule has 0 aromatic heterocycles. The lowest BCUT2D eigenvalue weighted by Gasteiger charge is -2.29. The van der Waals surface area contributed by atoms with E-state index < -0.39 is 8.07 Å². The van der Waals surface area contributed by atoms with Crippen molar-refractivity contribution in [1.29, 1.82) is 0 Å². The normalized spacial score (nSPS) is 15.9. The van der Waals surface area contributed by atoms with Gasteiger partial charge in [0.25, 0.3) is 0 Å². The summed E-state index contributed by atoms with van der Waals surface area (Å²) >= 11 is 0. The first-order chi connectivity index (χ1) is 6.16. The molecule has 0 radical (unpaired) electrons. The molecule has 0 spiro atoms. The molecule has 1 atom stereocenters. The van der Waals surface area contributed by atoms with Gasteiger partial charge in [0.1, 0.15) is 5.84 Å². The van der Waals surface area contributed by atoms with Crippen LogP contribution in [0.4, 0.5) is 0 Å². The zero-order valence-corrected chi connectivity index (χ0v) is 11.5. The van der Waals surface area contributed by atoms with Gasteiger partial charge in [0, 0.05) is 20.1 Å². The fourth-order valence-corrected chi connectivity index (χ4v) is 2.19. The average Bonchev–Trinajstić information content (AvgIpc) is 1.96.